The summed E-state index contributed by atoms with van der Waals surface area (Å²) < 4.78 is 0. The molecule has 19 heavy (non-hydrogen) atoms. The van der Waals surface area contributed by atoms with Gasteiger partial charge in [0.05, 0.1) is 0 Å². The molecule has 106 valence electrons. The highest BCUT2D eigenvalue weighted by atomic mass is 35.5. The minimum absolute atomic E-state index is 0.779. The zero-order chi connectivity index (χ0) is 13.7. The van der Waals surface area contributed by atoms with Gasteiger partial charge in [-0.25, -0.2) is 0 Å². The monoisotopic (exact) mass is 280 g/mol. The van der Waals surface area contributed by atoms with Crippen LogP contribution in [0.25, 0.3) is 0 Å². The Hall–Kier alpha value is -0.570. The first kappa shape index (κ1) is 14.8. The van der Waals surface area contributed by atoms with E-state index in [1.165, 1.54) is 44.5 Å². The van der Waals surface area contributed by atoms with Crippen molar-refractivity contribution in [1.82, 2.24) is 9.80 Å². The summed E-state index contributed by atoms with van der Waals surface area (Å²) in [6, 6.07) is 9.02. The third-order valence-electron chi connectivity index (χ3n) is 4.08. The van der Waals surface area contributed by atoms with Crippen molar-refractivity contribution in [2.24, 2.45) is 0 Å². The summed E-state index contributed by atoms with van der Waals surface area (Å²) in [7, 11) is 2.27. The molecule has 0 amide bonds. The molecule has 1 aromatic carbocycles. The van der Waals surface area contributed by atoms with E-state index >= 15 is 0 Å². The number of piperidine rings is 1. The third-order valence-corrected chi connectivity index (χ3v) is 4.33. The van der Waals surface area contributed by atoms with Gasteiger partial charge in [-0.1, -0.05) is 30.7 Å². The molecular weight excluding hydrogens is 256 g/mol. The average molecular weight is 281 g/mol. The largest absolute Gasteiger partial charge is 0.303 e. The van der Waals surface area contributed by atoms with Gasteiger partial charge >= 0.3 is 0 Å². The lowest BCUT2D eigenvalue weighted by Crippen LogP contribution is -2.43. The van der Waals surface area contributed by atoms with E-state index in [9.17, 15) is 0 Å². The number of likely N-dealkylation sites (tertiary alicyclic amines) is 1. The van der Waals surface area contributed by atoms with Gasteiger partial charge in [0.25, 0.3) is 0 Å². The molecule has 1 saturated heterocycles. The molecule has 0 bridgehead atoms. The van der Waals surface area contributed by atoms with E-state index in [-0.39, 0.29) is 0 Å². The van der Waals surface area contributed by atoms with Crippen molar-refractivity contribution in [2.75, 3.05) is 26.7 Å². The number of hydrogen-bond donors (Lipinski definition) is 0. The molecule has 0 unspecified atom stereocenters. The lowest BCUT2D eigenvalue weighted by atomic mass is 10.0. The van der Waals surface area contributed by atoms with Crippen LogP contribution in [0.2, 0.25) is 5.02 Å². The van der Waals surface area contributed by atoms with Gasteiger partial charge in [-0.05, 0) is 63.6 Å². The number of hydrogen-bond acceptors (Lipinski definition) is 2. The summed E-state index contributed by atoms with van der Waals surface area (Å²) in [5, 5.41) is 0.823. The Morgan fingerprint density at radius 2 is 1.84 bits per heavy atom. The first-order valence-corrected chi connectivity index (χ1v) is 7.74. The van der Waals surface area contributed by atoms with Gasteiger partial charge in [0.1, 0.15) is 0 Å². The molecule has 0 N–H and O–H groups in total. The van der Waals surface area contributed by atoms with Crippen LogP contribution in [-0.2, 0) is 6.54 Å². The van der Waals surface area contributed by atoms with Crippen molar-refractivity contribution in [3.63, 3.8) is 0 Å². The summed E-state index contributed by atoms with van der Waals surface area (Å²) in [6.07, 6.45) is 3.84. The minimum Gasteiger partial charge on any atom is -0.303 e. The van der Waals surface area contributed by atoms with Gasteiger partial charge < -0.3 is 4.90 Å². The normalized spacial score (nSPS) is 18.1. The fraction of sp³-hybridized carbons (Fsp3) is 0.625. The zero-order valence-electron chi connectivity index (χ0n) is 12.1. The predicted molar refractivity (Wildman–Crippen MR) is 82.7 cm³/mol. The van der Waals surface area contributed by atoms with Crippen molar-refractivity contribution in [2.45, 2.75) is 38.8 Å². The van der Waals surface area contributed by atoms with Crippen molar-refractivity contribution in [3.8, 4) is 0 Å². The highest BCUT2D eigenvalue weighted by Gasteiger charge is 2.21. The molecule has 0 saturated carbocycles. The molecule has 0 aromatic heterocycles. The van der Waals surface area contributed by atoms with E-state index in [0.717, 1.165) is 17.6 Å². The van der Waals surface area contributed by atoms with Gasteiger partial charge in [-0.15, -0.1) is 0 Å². The van der Waals surface area contributed by atoms with Gasteiger partial charge in [-0.2, -0.15) is 0 Å². The molecule has 2 rings (SSSR count). The third kappa shape index (κ3) is 4.48. The SMILES string of the molecule is CCCN(C)C1CCN(Cc2ccc(Cl)cc2)CC1. The van der Waals surface area contributed by atoms with Gasteiger partial charge in [0.2, 0.25) is 0 Å². The summed E-state index contributed by atoms with van der Waals surface area (Å²) in [5.74, 6) is 0. The fourth-order valence-electron chi connectivity index (χ4n) is 2.90. The number of nitrogens with zero attached hydrogens (tertiary/aromatic N) is 2. The van der Waals surface area contributed by atoms with E-state index in [0.29, 0.717) is 0 Å². The zero-order valence-corrected chi connectivity index (χ0v) is 12.9. The van der Waals surface area contributed by atoms with E-state index in [2.05, 4.69) is 35.9 Å². The number of halogens is 1. The van der Waals surface area contributed by atoms with Crippen LogP contribution in [0.1, 0.15) is 31.7 Å². The second-order valence-electron chi connectivity index (χ2n) is 5.61. The summed E-state index contributed by atoms with van der Waals surface area (Å²) in [6.45, 7) is 6.96. The second kappa shape index (κ2) is 7.28. The molecule has 1 aliphatic heterocycles. The fourth-order valence-corrected chi connectivity index (χ4v) is 3.03. The molecule has 1 aliphatic rings. The maximum atomic E-state index is 5.92. The van der Waals surface area contributed by atoms with Crippen molar-refractivity contribution >= 4 is 11.6 Å². The molecule has 0 aliphatic carbocycles. The average Bonchev–Trinajstić information content (AvgIpc) is 2.42. The second-order valence-corrected chi connectivity index (χ2v) is 6.05. The molecule has 1 fully saturated rings. The molecule has 3 heteroatoms. The Morgan fingerprint density at radius 3 is 2.42 bits per heavy atom. The molecule has 0 atom stereocenters. The van der Waals surface area contributed by atoms with E-state index in [1.807, 2.05) is 12.1 Å². The smallest absolute Gasteiger partial charge is 0.0406 e. The highest BCUT2D eigenvalue weighted by Crippen LogP contribution is 2.18. The molecular formula is C16H25ClN2. The molecule has 0 spiro atoms. The van der Waals surface area contributed by atoms with Crippen LogP contribution in [0.3, 0.4) is 0 Å². The number of benzene rings is 1. The van der Waals surface area contributed by atoms with Crippen LogP contribution in [0.5, 0.6) is 0 Å². The Kier molecular flexibility index (Phi) is 5.68. The van der Waals surface area contributed by atoms with Crippen molar-refractivity contribution in [3.05, 3.63) is 34.9 Å². The van der Waals surface area contributed by atoms with E-state index < -0.39 is 0 Å². The van der Waals surface area contributed by atoms with Crippen molar-refractivity contribution < 1.29 is 0 Å². The van der Waals surface area contributed by atoms with Crippen LogP contribution < -0.4 is 0 Å². The Labute approximate surface area is 122 Å². The highest BCUT2D eigenvalue weighted by molar-refractivity contribution is 6.30. The predicted octanol–water partition coefficient (Wildman–Crippen LogP) is 3.65. The van der Waals surface area contributed by atoms with Gasteiger partial charge in [0, 0.05) is 17.6 Å². The van der Waals surface area contributed by atoms with Crippen LogP contribution >= 0.6 is 11.6 Å². The first-order chi connectivity index (χ1) is 9.19. The van der Waals surface area contributed by atoms with Crippen LogP contribution in [0, 0.1) is 0 Å². The summed E-state index contributed by atoms with van der Waals surface area (Å²) in [4.78, 5) is 5.08. The molecule has 2 nitrogen and oxygen atoms in total. The molecule has 1 aromatic rings. The number of rotatable bonds is 5. The topological polar surface area (TPSA) is 6.48 Å². The standard InChI is InChI=1S/C16H25ClN2/c1-3-10-18(2)16-8-11-19(12-9-16)13-14-4-6-15(17)7-5-14/h4-7,16H,3,8-13H2,1-2H3. The first-order valence-electron chi connectivity index (χ1n) is 7.36. The summed E-state index contributed by atoms with van der Waals surface area (Å²) >= 11 is 5.92. The van der Waals surface area contributed by atoms with Gasteiger partial charge in [-0.3, -0.25) is 4.90 Å². The minimum atomic E-state index is 0.779. The molecule has 0 radical (unpaired) electrons. The van der Waals surface area contributed by atoms with Gasteiger partial charge in [0.15, 0.2) is 0 Å². The van der Waals surface area contributed by atoms with Crippen LogP contribution in [0.15, 0.2) is 24.3 Å². The van der Waals surface area contributed by atoms with E-state index in [1.54, 1.807) is 0 Å². The van der Waals surface area contributed by atoms with Crippen LogP contribution in [0.4, 0.5) is 0 Å². The molecule has 1 heterocycles. The summed E-state index contributed by atoms with van der Waals surface area (Å²) in [5.41, 5.74) is 1.37. The van der Waals surface area contributed by atoms with Crippen molar-refractivity contribution in [1.29, 1.82) is 0 Å². The Balaban J connectivity index is 1.78. The quantitative estimate of drug-likeness (QED) is 0.812. The maximum absolute atomic E-state index is 5.92. The van der Waals surface area contributed by atoms with E-state index in [4.69, 9.17) is 11.6 Å². The Bertz CT molecular complexity index is 369. The van der Waals surface area contributed by atoms with Crippen LogP contribution in [-0.4, -0.2) is 42.5 Å². The lowest BCUT2D eigenvalue weighted by Gasteiger charge is -2.36. The maximum Gasteiger partial charge on any atom is 0.0406 e. The lowest BCUT2D eigenvalue weighted by molar-refractivity contribution is 0.123. The Morgan fingerprint density at radius 1 is 1.21 bits per heavy atom.